The van der Waals surface area contributed by atoms with E-state index in [1.807, 2.05) is 0 Å². The van der Waals surface area contributed by atoms with E-state index in [2.05, 4.69) is 32.0 Å². The third-order valence-electron chi connectivity index (χ3n) is 2.58. The van der Waals surface area contributed by atoms with Gasteiger partial charge < -0.3 is 10.1 Å². The third-order valence-corrected chi connectivity index (χ3v) is 2.58. The maximum atomic E-state index is 5.46. The van der Waals surface area contributed by atoms with Crippen molar-refractivity contribution in [2.75, 3.05) is 13.7 Å². The lowest BCUT2D eigenvalue weighted by atomic mass is 9.94. The van der Waals surface area contributed by atoms with Crippen molar-refractivity contribution in [3.05, 3.63) is 0 Å². The Morgan fingerprint density at radius 1 is 1.50 bits per heavy atom. The minimum Gasteiger partial charge on any atom is -0.377 e. The first-order valence-corrected chi connectivity index (χ1v) is 5.30. The molecule has 0 aliphatic rings. The Kier molecular flexibility index (Phi) is 6.61. The number of ether oxygens (including phenoxy) is 1. The van der Waals surface area contributed by atoms with Gasteiger partial charge in [0.1, 0.15) is 0 Å². The topological polar surface area (TPSA) is 21.3 Å². The highest BCUT2D eigenvalue weighted by atomic mass is 16.5. The Bertz CT molecular complexity index is 181. The van der Waals surface area contributed by atoms with Gasteiger partial charge >= 0.3 is 0 Å². The summed E-state index contributed by atoms with van der Waals surface area (Å²) >= 11 is 0. The average molecular weight is 197 g/mol. The molecule has 0 spiro atoms. The van der Waals surface area contributed by atoms with Crippen LogP contribution < -0.4 is 5.32 Å². The average Bonchev–Trinajstić information content (AvgIpc) is 2.17. The highest BCUT2D eigenvalue weighted by molar-refractivity contribution is 4.91. The molecule has 0 radical (unpaired) electrons. The molecule has 0 bridgehead atoms. The van der Waals surface area contributed by atoms with Crippen molar-refractivity contribution in [3.63, 3.8) is 0 Å². The fourth-order valence-corrected chi connectivity index (χ4v) is 1.38. The second-order valence-electron chi connectivity index (χ2n) is 4.06. The van der Waals surface area contributed by atoms with Crippen molar-refractivity contribution in [1.82, 2.24) is 5.32 Å². The van der Waals surface area contributed by atoms with Crippen LogP contribution in [0.1, 0.15) is 40.0 Å². The predicted octanol–water partition coefficient (Wildman–Crippen LogP) is 2.19. The number of rotatable bonds is 7. The van der Waals surface area contributed by atoms with Crippen molar-refractivity contribution in [2.45, 2.75) is 51.7 Å². The van der Waals surface area contributed by atoms with Crippen LogP contribution in [0.5, 0.6) is 0 Å². The lowest BCUT2D eigenvalue weighted by molar-refractivity contribution is -0.0120. The fourth-order valence-electron chi connectivity index (χ4n) is 1.38. The minimum absolute atomic E-state index is 0.147. The lowest BCUT2D eigenvalue weighted by Crippen LogP contribution is -2.48. The molecule has 0 aromatic carbocycles. The molecule has 0 aliphatic heterocycles. The van der Waals surface area contributed by atoms with E-state index >= 15 is 0 Å². The summed E-state index contributed by atoms with van der Waals surface area (Å²) in [7, 11) is 1.75. The van der Waals surface area contributed by atoms with Gasteiger partial charge in [0.15, 0.2) is 0 Å². The second-order valence-corrected chi connectivity index (χ2v) is 4.06. The highest BCUT2D eigenvalue weighted by Crippen LogP contribution is 2.17. The molecule has 0 saturated heterocycles. The van der Waals surface area contributed by atoms with E-state index in [9.17, 15) is 0 Å². The molecule has 0 rings (SSSR count). The van der Waals surface area contributed by atoms with Crippen molar-refractivity contribution < 1.29 is 4.74 Å². The molecule has 1 atom stereocenters. The predicted molar refractivity (Wildman–Crippen MR) is 61.2 cm³/mol. The normalized spacial score (nSPS) is 13.6. The molecule has 0 aliphatic carbocycles. The van der Waals surface area contributed by atoms with Gasteiger partial charge in [-0.15, -0.1) is 12.3 Å². The number of hydrogen-bond acceptors (Lipinski definition) is 2. The largest absolute Gasteiger partial charge is 0.377 e. The van der Waals surface area contributed by atoms with Gasteiger partial charge in [0.25, 0.3) is 0 Å². The molecule has 1 unspecified atom stereocenters. The Balaban J connectivity index is 4.16. The van der Waals surface area contributed by atoms with Crippen LogP contribution >= 0.6 is 0 Å². The quantitative estimate of drug-likeness (QED) is 0.632. The Labute approximate surface area is 88.4 Å². The van der Waals surface area contributed by atoms with Crippen molar-refractivity contribution >= 4 is 0 Å². The molecule has 0 fully saturated rings. The molecule has 0 heterocycles. The van der Waals surface area contributed by atoms with Gasteiger partial charge in [0.2, 0.25) is 0 Å². The zero-order valence-electron chi connectivity index (χ0n) is 9.89. The summed E-state index contributed by atoms with van der Waals surface area (Å²) in [6, 6.07) is 0.337. The molecular weight excluding hydrogens is 174 g/mol. The molecule has 14 heavy (non-hydrogen) atoms. The van der Waals surface area contributed by atoms with Crippen LogP contribution in [0.2, 0.25) is 0 Å². The van der Waals surface area contributed by atoms with Crippen molar-refractivity contribution in [1.29, 1.82) is 0 Å². The van der Waals surface area contributed by atoms with Crippen molar-refractivity contribution in [2.24, 2.45) is 0 Å². The monoisotopic (exact) mass is 197 g/mol. The van der Waals surface area contributed by atoms with Crippen molar-refractivity contribution in [3.8, 4) is 12.3 Å². The maximum Gasteiger partial charge on any atom is 0.0775 e. The molecule has 0 amide bonds. The first-order valence-electron chi connectivity index (χ1n) is 5.30. The van der Waals surface area contributed by atoms with E-state index in [4.69, 9.17) is 11.2 Å². The van der Waals surface area contributed by atoms with E-state index in [0.29, 0.717) is 6.04 Å². The Morgan fingerprint density at radius 3 is 2.57 bits per heavy atom. The molecular formula is C12H23NO. The molecule has 0 saturated carbocycles. The summed E-state index contributed by atoms with van der Waals surface area (Å²) in [6.07, 6.45) is 8.17. The van der Waals surface area contributed by atoms with E-state index in [0.717, 1.165) is 25.8 Å². The summed E-state index contributed by atoms with van der Waals surface area (Å²) < 4.78 is 5.46. The summed E-state index contributed by atoms with van der Waals surface area (Å²) in [6.45, 7) is 7.36. The lowest BCUT2D eigenvalue weighted by Gasteiger charge is -2.33. The number of terminal acetylenes is 1. The first kappa shape index (κ1) is 13.5. The van der Waals surface area contributed by atoms with Crippen LogP contribution in [-0.2, 0) is 4.74 Å². The van der Waals surface area contributed by atoms with Gasteiger partial charge in [0.05, 0.1) is 5.60 Å². The molecule has 1 N–H and O–H groups in total. The van der Waals surface area contributed by atoms with Gasteiger partial charge in [-0.05, 0) is 33.2 Å². The third kappa shape index (κ3) is 4.64. The van der Waals surface area contributed by atoms with E-state index in [1.54, 1.807) is 7.11 Å². The number of nitrogens with one attached hydrogen (secondary N) is 1. The summed E-state index contributed by atoms with van der Waals surface area (Å²) in [5, 5.41) is 3.47. The van der Waals surface area contributed by atoms with Gasteiger partial charge in [0, 0.05) is 19.6 Å². The zero-order valence-corrected chi connectivity index (χ0v) is 9.89. The van der Waals surface area contributed by atoms with Gasteiger partial charge in [-0.2, -0.15) is 0 Å². The van der Waals surface area contributed by atoms with Crippen LogP contribution in [0.4, 0.5) is 0 Å². The number of methoxy groups -OCH3 is 1. The smallest absolute Gasteiger partial charge is 0.0775 e. The summed E-state index contributed by atoms with van der Waals surface area (Å²) in [5.74, 6) is 2.68. The van der Waals surface area contributed by atoms with Gasteiger partial charge in [-0.25, -0.2) is 0 Å². The van der Waals surface area contributed by atoms with Gasteiger partial charge in [-0.3, -0.25) is 0 Å². The van der Waals surface area contributed by atoms with Crippen LogP contribution in [0.3, 0.4) is 0 Å². The Hall–Kier alpha value is -0.520. The van der Waals surface area contributed by atoms with E-state index in [1.165, 1.54) is 0 Å². The van der Waals surface area contributed by atoms with E-state index in [-0.39, 0.29) is 5.60 Å². The molecule has 82 valence electrons. The highest BCUT2D eigenvalue weighted by Gasteiger charge is 2.27. The van der Waals surface area contributed by atoms with Crippen LogP contribution in [0.25, 0.3) is 0 Å². The number of hydrogen-bond donors (Lipinski definition) is 1. The zero-order chi connectivity index (χ0) is 11.0. The molecule has 2 nitrogen and oxygen atoms in total. The van der Waals surface area contributed by atoms with Gasteiger partial charge in [-0.1, -0.05) is 6.92 Å². The van der Waals surface area contributed by atoms with Crippen LogP contribution in [0.15, 0.2) is 0 Å². The summed E-state index contributed by atoms with van der Waals surface area (Å²) in [4.78, 5) is 0. The fraction of sp³-hybridized carbons (Fsp3) is 0.833. The molecule has 0 aromatic rings. The second kappa shape index (κ2) is 6.86. The van der Waals surface area contributed by atoms with Crippen LogP contribution in [-0.4, -0.2) is 25.3 Å². The maximum absolute atomic E-state index is 5.46. The first-order chi connectivity index (χ1) is 6.58. The molecule has 0 aromatic heterocycles. The van der Waals surface area contributed by atoms with E-state index < -0.39 is 0 Å². The SMILES string of the molecule is C#CCCC(NCCC)C(C)(C)OC. The van der Waals surface area contributed by atoms with Crippen LogP contribution in [0, 0.1) is 12.3 Å². The Morgan fingerprint density at radius 2 is 2.14 bits per heavy atom. The standard InChI is InChI=1S/C12H23NO/c1-6-8-9-11(13-10-7-2)12(3,4)14-5/h1,11,13H,7-10H2,2-5H3. The summed E-state index contributed by atoms with van der Waals surface area (Å²) in [5.41, 5.74) is -0.147. The minimum atomic E-state index is -0.147. The molecule has 2 heteroatoms.